The van der Waals surface area contributed by atoms with Crippen LogP contribution in [0.25, 0.3) is 0 Å². The van der Waals surface area contributed by atoms with Gasteiger partial charge in [0.05, 0.1) is 6.54 Å². The van der Waals surface area contributed by atoms with Gasteiger partial charge in [-0.2, -0.15) is 0 Å². The Labute approximate surface area is 147 Å². The molecule has 0 amide bonds. The molecule has 126 valence electrons. The minimum absolute atomic E-state index is 0. The Morgan fingerprint density at radius 3 is 2.45 bits per heavy atom. The molecule has 4 nitrogen and oxygen atoms in total. The summed E-state index contributed by atoms with van der Waals surface area (Å²) in [4.78, 5) is 4.08. The zero-order valence-corrected chi connectivity index (χ0v) is 15.5. The van der Waals surface area contributed by atoms with Crippen molar-refractivity contribution < 1.29 is 13.5 Å². The number of ether oxygens (including phenoxy) is 1. The average molecular weight is 427 g/mol. The van der Waals surface area contributed by atoms with Gasteiger partial charge in [0.15, 0.2) is 17.6 Å². The number of guanidine groups is 1. The first-order valence-electron chi connectivity index (χ1n) is 7.05. The lowest BCUT2D eigenvalue weighted by atomic mass is 10.1. The second-order valence-corrected chi connectivity index (χ2v) is 5.03. The highest BCUT2D eigenvalue weighted by atomic mass is 127. The molecule has 1 aromatic rings. The first-order valence-corrected chi connectivity index (χ1v) is 7.05. The van der Waals surface area contributed by atoms with Crippen LogP contribution < -0.4 is 15.4 Å². The summed E-state index contributed by atoms with van der Waals surface area (Å²) in [6.45, 7) is 6.01. The number of hydrogen-bond acceptors (Lipinski definition) is 2. The molecule has 0 radical (unpaired) electrons. The molecule has 1 aromatic carbocycles. The highest BCUT2D eigenvalue weighted by Crippen LogP contribution is 2.14. The minimum Gasteiger partial charge on any atom is -0.492 e. The Bertz CT molecular complexity index is 470. The molecule has 0 bridgehead atoms. The number of halogens is 3. The van der Waals surface area contributed by atoms with Crippen molar-refractivity contribution in [1.29, 1.82) is 0 Å². The van der Waals surface area contributed by atoms with E-state index in [1.165, 1.54) is 6.07 Å². The monoisotopic (exact) mass is 427 g/mol. The fourth-order valence-electron chi connectivity index (χ4n) is 1.60. The molecule has 2 N–H and O–H groups in total. The third kappa shape index (κ3) is 8.35. The van der Waals surface area contributed by atoms with Gasteiger partial charge in [-0.25, -0.2) is 8.78 Å². The Hall–Kier alpha value is -1.12. The zero-order valence-electron chi connectivity index (χ0n) is 13.2. The van der Waals surface area contributed by atoms with Crippen LogP contribution in [0.5, 0.6) is 5.75 Å². The Balaban J connectivity index is 0.00000441. The van der Waals surface area contributed by atoms with Crippen LogP contribution in [0.1, 0.15) is 20.3 Å². The molecule has 7 heteroatoms. The molecule has 1 rings (SSSR count). The summed E-state index contributed by atoms with van der Waals surface area (Å²) in [6, 6.07) is 3.48. The van der Waals surface area contributed by atoms with Crippen LogP contribution in [0.15, 0.2) is 23.2 Å². The Morgan fingerprint density at radius 1 is 1.18 bits per heavy atom. The summed E-state index contributed by atoms with van der Waals surface area (Å²) >= 11 is 0. The van der Waals surface area contributed by atoms with Gasteiger partial charge < -0.3 is 15.4 Å². The number of rotatable bonds is 7. The molecule has 0 spiro atoms. The SMILES string of the molecule is CN=C(NCCOc1ccc(F)c(F)c1)NCCC(C)C.I. The Morgan fingerprint density at radius 2 is 1.86 bits per heavy atom. The van der Waals surface area contributed by atoms with E-state index in [0.29, 0.717) is 30.8 Å². The van der Waals surface area contributed by atoms with Crippen molar-refractivity contribution in [3.8, 4) is 5.75 Å². The smallest absolute Gasteiger partial charge is 0.191 e. The Kier molecular flexibility index (Phi) is 10.9. The van der Waals surface area contributed by atoms with Gasteiger partial charge in [0, 0.05) is 19.7 Å². The maximum atomic E-state index is 13.0. The van der Waals surface area contributed by atoms with Gasteiger partial charge in [-0.05, 0) is 24.5 Å². The number of nitrogens with zero attached hydrogens (tertiary/aromatic N) is 1. The summed E-state index contributed by atoms with van der Waals surface area (Å²) in [5.41, 5.74) is 0. The van der Waals surface area contributed by atoms with Crippen molar-refractivity contribution in [2.24, 2.45) is 10.9 Å². The lowest BCUT2D eigenvalue weighted by molar-refractivity contribution is 0.318. The molecule has 0 heterocycles. The second kappa shape index (κ2) is 11.4. The fourth-order valence-corrected chi connectivity index (χ4v) is 1.60. The molecular formula is C15H24F2IN3O. The summed E-state index contributed by atoms with van der Waals surface area (Å²) < 4.78 is 31.1. The molecule has 0 unspecified atom stereocenters. The van der Waals surface area contributed by atoms with Crippen LogP contribution in [-0.2, 0) is 0 Å². The molecule has 0 saturated heterocycles. The van der Waals surface area contributed by atoms with E-state index in [4.69, 9.17) is 4.74 Å². The molecule has 0 atom stereocenters. The van der Waals surface area contributed by atoms with E-state index >= 15 is 0 Å². The quantitative estimate of drug-likeness (QED) is 0.304. The average Bonchev–Trinajstić information content (AvgIpc) is 2.44. The van der Waals surface area contributed by atoms with Crippen LogP contribution in [-0.4, -0.2) is 32.7 Å². The van der Waals surface area contributed by atoms with Crippen molar-refractivity contribution in [2.45, 2.75) is 20.3 Å². The molecule has 0 fully saturated rings. The predicted molar refractivity (Wildman–Crippen MR) is 96.1 cm³/mol. The summed E-state index contributed by atoms with van der Waals surface area (Å²) in [5, 5.41) is 6.28. The third-order valence-electron chi connectivity index (χ3n) is 2.79. The van der Waals surface area contributed by atoms with Gasteiger partial charge in [-0.15, -0.1) is 24.0 Å². The van der Waals surface area contributed by atoms with Crippen LogP contribution >= 0.6 is 24.0 Å². The topological polar surface area (TPSA) is 45.7 Å². The van der Waals surface area contributed by atoms with E-state index in [2.05, 4.69) is 29.5 Å². The number of benzene rings is 1. The van der Waals surface area contributed by atoms with E-state index in [9.17, 15) is 8.78 Å². The van der Waals surface area contributed by atoms with Crippen LogP contribution in [0.4, 0.5) is 8.78 Å². The van der Waals surface area contributed by atoms with E-state index in [-0.39, 0.29) is 24.0 Å². The van der Waals surface area contributed by atoms with Gasteiger partial charge >= 0.3 is 0 Å². The van der Waals surface area contributed by atoms with Gasteiger partial charge in [-0.3, -0.25) is 4.99 Å². The van der Waals surface area contributed by atoms with Crippen molar-refractivity contribution in [1.82, 2.24) is 10.6 Å². The van der Waals surface area contributed by atoms with Crippen LogP contribution in [0.2, 0.25) is 0 Å². The van der Waals surface area contributed by atoms with Crippen LogP contribution in [0.3, 0.4) is 0 Å². The molecule has 0 aliphatic rings. The van der Waals surface area contributed by atoms with E-state index in [0.717, 1.165) is 25.1 Å². The highest BCUT2D eigenvalue weighted by Gasteiger charge is 2.03. The molecule has 22 heavy (non-hydrogen) atoms. The van der Waals surface area contributed by atoms with Crippen molar-refractivity contribution in [2.75, 3.05) is 26.7 Å². The molecule has 0 aromatic heterocycles. The van der Waals surface area contributed by atoms with E-state index in [1.54, 1.807) is 7.05 Å². The minimum atomic E-state index is -0.911. The maximum Gasteiger partial charge on any atom is 0.191 e. The van der Waals surface area contributed by atoms with Gasteiger partial charge in [-0.1, -0.05) is 13.8 Å². The van der Waals surface area contributed by atoms with E-state index in [1.807, 2.05) is 0 Å². The lowest BCUT2D eigenvalue weighted by Gasteiger charge is -2.13. The van der Waals surface area contributed by atoms with E-state index < -0.39 is 11.6 Å². The highest BCUT2D eigenvalue weighted by molar-refractivity contribution is 14.0. The van der Waals surface area contributed by atoms with Crippen molar-refractivity contribution >= 4 is 29.9 Å². The first-order chi connectivity index (χ1) is 10.0. The summed E-state index contributed by atoms with van der Waals surface area (Å²) in [7, 11) is 1.70. The molecular weight excluding hydrogens is 403 g/mol. The number of hydrogen-bond donors (Lipinski definition) is 2. The lowest BCUT2D eigenvalue weighted by Crippen LogP contribution is -2.39. The molecule has 0 aliphatic carbocycles. The van der Waals surface area contributed by atoms with Crippen LogP contribution in [0, 0.1) is 17.6 Å². The third-order valence-corrected chi connectivity index (χ3v) is 2.79. The van der Waals surface area contributed by atoms with Gasteiger partial charge in [0.25, 0.3) is 0 Å². The van der Waals surface area contributed by atoms with Crippen molar-refractivity contribution in [3.63, 3.8) is 0 Å². The maximum absolute atomic E-state index is 13.0. The zero-order chi connectivity index (χ0) is 15.7. The number of aliphatic imine (C=N–C) groups is 1. The standard InChI is InChI=1S/C15H23F2N3O.HI/c1-11(2)6-7-19-15(18-3)20-8-9-21-12-4-5-13(16)14(17)10-12;/h4-5,10-11H,6-9H2,1-3H3,(H2,18,19,20);1H. The second-order valence-electron chi connectivity index (χ2n) is 5.03. The normalized spacial score (nSPS) is 11.1. The summed E-state index contributed by atoms with van der Waals surface area (Å²) in [6.07, 6.45) is 1.06. The molecule has 0 saturated carbocycles. The fraction of sp³-hybridized carbons (Fsp3) is 0.533. The largest absolute Gasteiger partial charge is 0.492 e. The first kappa shape index (κ1) is 20.9. The van der Waals surface area contributed by atoms with Gasteiger partial charge in [0.1, 0.15) is 12.4 Å². The molecule has 0 aliphatic heterocycles. The predicted octanol–water partition coefficient (Wildman–Crippen LogP) is 3.17. The van der Waals surface area contributed by atoms with Crippen molar-refractivity contribution in [3.05, 3.63) is 29.8 Å². The van der Waals surface area contributed by atoms with Gasteiger partial charge in [0.2, 0.25) is 0 Å². The number of nitrogens with one attached hydrogen (secondary N) is 2. The summed E-state index contributed by atoms with van der Waals surface area (Å²) in [5.74, 6) is -0.155.